The van der Waals surface area contributed by atoms with Crippen LogP contribution in [0.1, 0.15) is 18.9 Å². The first-order valence-corrected chi connectivity index (χ1v) is 7.06. The van der Waals surface area contributed by atoms with Crippen LogP contribution in [-0.2, 0) is 30.6 Å². The number of hydrogen-bond donors (Lipinski definition) is 0. The Morgan fingerprint density at radius 1 is 1.32 bits per heavy atom. The summed E-state index contributed by atoms with van der Waals surface area (Å²) in [4.78, 5) is 11.5. The minimum atomic E-state index is -5.19. The van der Waals surface area contributed by atoms with Gasteiger partial charge in [0.2, 0.25) is 0 Å². The van der Waals surface area contributed by atoms with Crippen molar-refractivity contribution in [3.05, 3.63) is 35.9 Å². The molecule has 0 heterocycles. The molecule has 0 aliphatic rings. The molecule has 0 N–H and O–H groups in total. The predicted octanol–water partition coefficient (Wildman–Crippen LogP) is 1.78. The molecule has 1 aromatic carbocycles. The zero-order chi connectivity index (χ0) is 14.3. The molecule has 0 saturated heterocycles. The lowest BCUT2D eigenvalue weighted by Crippen LogP contribution is -2.28. The number of carbonyl (C=O) groups excluding carboxylic acids is 1. The molecule has 106 valence electrons. The van der Waals surface area contributed by atoms with E-state index in [-0.39, 0.29) is 13.0 Å². The Balaban J connectivity index is 2.66. The summed E-state index contributed by atoms with van der Waals surface area (Å²) in [6, 6.07) is 9.07. The normalized spacial score (nSPS) is 12.9. The second-order valence-corrected chi connectivity index (χ2v) is 4.73. The monoisotopic (exact) mass is 290 g/mol. The second kappa shape index (κ2) is 7.20. The molecule has 0 saturated carbocycles. The lowest BCUT2D eigenvalue weighted by molar-refractivity contribution is -0.151. The highest BCUT2D eigenvalue weighted by Crippen LogP contribution is 2.12. The third-order valence-electron chi connectivity index (χ3n) is 2.32. The van der Waals surface area contributed by atoms with Gasteiger partial charge in [-0.15, -0.1) is 0 Å². The van der Waals surface area contributed by atoms with Gasteiger partial charge >= 0.3 is 16.5 Å². The van der Waals surface area contributed by atoms with Crippen LogP contribution in [0.15, 0.2) is 30.3 Å². The minimum absolute atomic E-state index is 0.0198. The Bertz CT molecular complexity index is 500. The van der Waals surface area contributed by atoms with Gasteiger partial charge in [-0.2, -0.15) is 8.42 Å². The Morgan fingerprint density at radius 2 is 1.95 bits per heavy atom. The van der Waals surface area contributed by atoms with Gasteiger partial charge in [0.1, 0.15) is 0 Å². The zero-order valence-corrected chi connectivity index (χ0v) is 11.2. The molecular formula is C12H15FO5S. The van der Waals surface area contributed by atoms with Crippen LogP contribution >= 0.6 is 0 Å². The van der Waals surface area contributed by atoms with E-state index in [1.165, 1.54) is 0 Å². The third kappa shape index (κ3) is 6.30. The van der Waals surface area contributed by atoms with Crippen molar-refractivity contribution in [2.45, 2.75) is 25.9 Å². The SMILES string of the molecule is CCOC(=O)C(CCc1ccccc1)OS(=O)(=O)F. The maximum atomic E-state index is 12.5. The first kappa shape index (κ1) is 15.6. The van der Waals surface area contributed by atoms with E-state index in [0.717, 1.165) is 5.56 Å². The maximum Gasteiger partial charge on any atom is 0.438 e. The fourth-order valence-electron chi connectivity index (χ4n) is 1.52. The van der Waals surface area contributed by atoms with E-state index in [9.17, 15) is 17.1 Å². The van der Waals surface area contributed by atoms with Gasteiger partial charge < -0.3 is 4.74 Å². The van der Waals surface area contributed by atoms with Crippen LogP contribution in [0, 0.1) is 0 Å². The standard InChI is InChI=1S/C12H15FO5S/c1-2-17-12(14)11(18-19(13,15)16)9-8-10-6-4-3-5-7-10/h3-7,11H,2,8-9H2,1H3. The Kier molecular flexibility index (Phi) is 5.91. The fraction of sp³-hybridized carbons (Fsp3) is 0.417. The van der Waals surface area contributed by atoms with Gasteiger partial charge in [0.05, 0.1) is 6.61 Å². The number of rotatable bonds is 7. The molecule has 0 radical (unpaired) electrons. The molecular weight excluding hydrogens is 275 g/mol. The molecule has 0 bridgehead atoms. The highest BCUT2D eigenvalue weighted by atomic mass is 32.3. The topological polar surface area (TPSA) is 69.7 Å². The lowest BCUT2D eigenvalue weighted by atomic mass is 10.1. The van der Waals surface area contributed by atoms with Crippen LogP contribution in [0.25, 0.3) is 0 Å². The summed E-state index contributed by atoms with van der Waals surface area (Å²) in [5, 5.41) is 0. The molecule has 0 aliphatic carbocycles. The van der Waals surface area contributed by atoms with E-state index in [1.807, 2.05) is 30.3 Å². The fourth-order valence-corrected chi connectivity index (χ4v) is 1.97. The lowest BCUT2D eigenvalue weighted by Gasteiger charge is -2.13. The number of ether oxygens (including phenoxy) is 1. The first-order valence-electron chi connectivity index (χ1n) is 5.76. The first-order chi connectivity index (χ1) is 8.92. The summed E-state index contributed by atoms with van der Waals surface area (Å²) in [6.45, 7) is 1.63. The van der Waals surface area contributed by atoms with E-state index in [1.54, 1.807) is 6.92 Å². The van der Waals surface area contributed by atoms with Gasteiger partial charge in [0, 0.05) is 0 Å². The van der Waals surface area contributed by atoms with Gasteiger partial charge in [-0.05, 0) is 25.3 Å². The largest absolute Gasteiger partial charge is 0.464 e. The Morgan fingerprint density at radius 3 is 2.47 bits per heavy atom. The van der Waals surface area contributed by atoms with Gasteiger partial charge in [0.15, 0.2) is 6.10 Å². The molecule has 7 heteroatoms. The summed E-state index contributed by atoms with van der Waals surface area (Å²) in [6.07, 6.45) is -1.07. The highest BCUT2D eigenvalue weighted by Gasteiger charge is 2.26. The molecule has 1 unspecified atom stereocenters. The van der Waals surface area contributed by atoms with Crippen molar-refractivity contribution < 1.29 is 26.0 Å². The molecule has 0 fully saturated rings. The van der Waals surface area contributed by atoms with Crippen molar-refractivity contribution in [3.8, 4) is 0 Å². The van der Waals surface area contributed by atoms with Gasteiger partial charge in [-0.25, -0.2) is 8.98 Å². The van der Waals surface area contributed by atoms with Crippen LogP contribution in [0.2, 0.25) is 0 Å². The van der Waals surface area contributed by atoms with Crippen molar-refractivity contribution >= 4 is 16.5 Å². The van der Waals surface area contributed by atoms with Gasteiger partial charge in [-0.1, -0.05) is 34.2 Å². The Labute approximate surface area is 111 Å². The van der Waals surface area contributed by atoms with Gasteiger partial charge in [0.25, 0.3) is 0 Å². The molecule has 0 spiro atoms. The average Bonchev–Trinajstić information content (AvgIpc) is 2.34. The summed E-state index contributed by atoms with van der Waals surface area (Å²) in [7, 11) is -5.19. The molecule has 0 aromatic heterocycles. The van der Waals surface area contributed by atoms with Gasteiger partial charge in [-0.3, -0.25) is 0 Å². The van der Waals surface area contributed by atoms with Crippen LogP contribution in [0.4, 0.5) is 3.89 Å². The molecule has 0 aliphatic heterocycles. The number of esters is 1. The smallest absolute Gasteiger partial charge is 0.438 e. The minimum Gasteiger partial charge on any atom is -0.464 e. The summed E-state index contributed by atoms with van der Waals surface area (Å²) in [5.41, 5.74) is 0.886. The quantitative estimate of drug-likeness (QED) is 0.565. The van der Waals surface area contributed by atoms with Crippen LogP contribution in [0.3, 0.4) is 0 Å². The van der Waals surface area contributed by atoms with Crippen LogP contribution in [-0.4, -0.2) is 27.1 Å². The number of hydrogen-bond acceptors (Lipinski definition) is 5. The van der Waals surface area contributed by atoms with Crippen molar-refractivity contribution in [2.24, 2.45) is 0 Å². The summed E-state index contributed by atoms with van der Waals surface area (Å²) in [5.74, 6) is -0.889. The molecule has 1 rings (SSSR count). The van der Waals surface area contributed by atoms with Crippen molar-refractivity contribution in [2.75, 3.05) is 6.61 Å². The van der Waals surface area contributed by atoms with E-state index in [0.29, 0.717) is 6.42 Å². The van der Waals surface area contributed by atoms with E-state index < -0.39 is 22.6 Å². The average molecular weight is 290 g/mol. The van der Waals surface area contributed by atoms with Crippen molar-refractivity contribution in [1.29, 1.82) is 0 Å². The highest BCUT2D eigenvalue weighted by molar-refractivity contribution is 7.81. The predicted molar refractivity (Wildman–Crippen MR) is 66.3 cm³/mol. The number of benzene rings is 1. The molecule has 1 aromatic rings. The number of carbonyl (C=O) groups is 1. The maximum absolute atomic E-state index is 12.5. The van der Waals surface area contributed by atoms with E-state index in [4.69, 9.17) is 0 Å². The Hall–Kier alpha value is -1.47. The molecule has 5 nitrogen and oxygen atoms in total. The molecule has 0 amide bonds. The van der Waals surface area contributed by atoms with Crippen LogP contribution in [0.5, 0.6) is 0 Å². The molecule has 1 atom stereocenters. The number of halogens is 1. The molecule has 19 heavy (non-hydrogen) atoms. The van der Waals surface area contributed by atoms with Crippen LogP contribution < -0.4 is 0 Å². The van der Waals surface area contributed by atoms with E-state index in [2.05, 4.69) is 8.92 Å². The number of aryl methyl sites for hydroxylation is 1. The van der Waals surface area contributed by atoms with E-state index >= 15 is 0 Å². The van der Waals surface area contributed by atoms with Crippen molar-refractivity contribution in [3.63, 3.8) is 0 Å². The summed E-state index contributed by atoms with van der Waals surface area (Å²) >= 11 is 0. The third-order valence-corrected chi connectivity index (χ3v) is 2.78. The van der Waals surface area contributed by atoms with Crippen molar-refractivity contribution in [1.82, 2.24) is 0 Å². The second-order valence-electron chi connectivity index (χ2n) is 3.75. The zero-order valence-electron chi connectivity index (χ0n) is 10.4. The summed E-state index contributed by atoms with van der Waals surface area (Å²) < 4.78 is 42.2.